The predicted octanol–water partition coefficient (Wildman–Crippen LogP) is 3.66. The van der Waals surface area contributed by atoms with Gasteiger partial charge in [-0.3, -0.25) is 0 Å². The number of thiophene rings is 1. The minimum atomic E-state index is 0.180. The highest BCUT2D eigenvalue weighted by Crippen LogP contribution is 2.31. The van der Waals surface area contributed by atoms with Gasteiger partial charge in [0.2, 0.25) is 0 Å². The second-order valence-corrected chi connectivity index (χ2v) is 5.76. The van der Waals surface area contributed by atoms with Crippen molar-refractivity contribution in [3.8, 4) is 5.75 Å². The molecule has 18 heavy (non-hydrogen) atoms. The van der Waals surface area contributed by atoms with Crippen molar-refractivity contribution in [1.29, 1.82) is 0 Å². The molecule has 0 saturated heterocycles. The highest BCUT2D eigenvalue weighted by atomic mass is 32.1. The molecule has 1 aromatic carbocycles. The molecule has 1 aliphatic carbocycles. The Morgan fingerprint density at radius 3 is 3.11 bits per heavy atom. The lowest BCUT2D eigenvalue weighted by atomic mass is 9.88. The molecule has 2 nitrogen and oxygen atoms in total. The Morgan fingerprint density at radius 2 is 2.28 bits per heavy atom. The van der Waals surface area contributed by atoms with E-state index in [0.29, 0.717) is 6.61 Å². The summed E-state index contributed by atoms with van der Waals surface area (Å²) < 4.78 is 5.82. The minimum Gasteiger partial charge on any atom is -0.488 e. The first-order valence-electron chi connectivity index (χ1n) is 6.36. The van der Waals surface area contributed by atoms with Crippen molar-refractivity contribution in [2.45, 2.75) is 31.9 Å². The van der Waals surface area contributed by atoms with Crippen molar-refractivity contribution in [1.82, 2.24) is 0 Å². The molecule has 0 radical (unpaired) electrons. The van der Waals surface area contributed by atoms with Crippen molar-refractivity contribution in [3.05, 3.63) is 51.7 Å². The number of hydrogen-bond donors (Lipinski definition) is 1. The van der Waals surface area contributed by atoms with E-state index in [1.54, 1.807) is 11.3 Å². The van der Waals surface area contributed by atoms with E-state index in [1.165, 1.54) is 22.4 Å². The number of aryl methyl sites for hydroxylation is 1. The van der Waals surface area contributed by atoms with Crippen LogP contribution >= 0.6 is 11.3 Å². The fourth-order valence-corrected chi connectivity index (χ4v) is 3.07. The number of nitrogens with two attached hydrogens (primary N) is 1. The van der Waals surface area contributed by atoms with E-state index in [0.717, 1.165) is 18.6 Å². The maximum absolute atomic E-state index is 6.15. The van der Waals surface area contributed by atoms with E-state index >= 15 is 0 Å². The summed E-state index contributed by atoms with van der Waals surface area (Å²) in [6.07, 6.45) is 3.43. The molecule has 2 N–H and O–H groups in total. The summed E-state index contributed by atoms with van der Waals surface area (Å²) in [4.78, 5) is 1.25. The first kappa shape index (κ1) is 11.8. The summed E-state index contributed by atoms with van der Waals surface area (Å²) in [5.41, 5.74) is 8.81. The molecule has 2 aromatic rings. The topological polar surface area (TPSA) is 35.2 Å². The van der Waals surface area contributed by atoms with E-state index in [2.05, 4.69) is 29.6 Å². The van der Waals surface area contributed by atoms with Crippen LogP contribution in [-0.4, -0.2) is 0 Å². The third-order valence-electron chi connectivity index (χ3n) is 3.44. The number of ether oxygens (including phenoxy) is 1. The molecular formula is C15H17NOS. The van der Waals surface area contributed by atoms with Gasteiger partial charge in [0.25, 0.3) is 0 Å². The quantitative estimate of drug-likeness (QED) is 0.913. The van der Waals surface area contributed by atoms with Crippen molar-refractivity contribution >= 4 is 11.3 Å². The lowest BCUT2D eigenvalue weighted by molar-refractivity contribution is 0.309. The van der Waals surface area contributed by atoms with Gasteiger partial charge in [-0.05, 0) is 54.0 Å². The molecule has 3 heteroatoms. The fraction of sp³-hybridized carbons (Fsp3) is 0.333. The molecule has 1 heterocycles. The van der Waals surface area contributed by atoms with Crippen molar-refractivity contribution in [2.24, 2.45) is 5.73 Å². The van der Waals surface area contributed by atoms with Gasteiger partial charge in [-0.25, -0.2) is 0 Å². The first-order chi connectivity index (χ1) is 8.83. The maximum atomic E-state index is 6.15. The fourth-order valence-electron chi connectivity index (χ4n) is 2.45. The summed E-state index contributed by atoms with van der Waals surface area (Å²) >= 11 is 1.72. The molecule has 0 aliphatic heterocycles. The molecule has 1 aliphatic rings. The molecular weight excluding hydrogens is 242 g/mol. The highest BCUT2D eigenvalue weighted by Gasteiger charge is 2.17. The summed E-state index contributed by atoms with van der Waals surface area (Å²) in [7, 11) is 0. The van der Waals surface area contributed by atoms with Crippen molar-refractivity contribution < 1.29 is 4.74 Å². The van der Waals surface area contributed by atoms with Crippen LogP contribution in [0, 0.1) is 0 Å². The average Bonchev–Trinajstić information content (AvgIpc) is 2.90. The van der Waals surface area contributed by atoms with Crippen LogP contribution in [0.5, 0.6) is 5.75 Å². The molecule has 1 aromatic heterocycles. The monoisotopic (exact) mass is 259 g/mol. The zero-order valence-corrected chi connectivity index (χ0v) is 11.1. The number of fused-ring (bicyclic) bond motifs is 1. The summed E-state index contributed by atoms with van der Waals surface area (Å²) in [6.45, 7) is 0.645. The van der Waals surface area contributed by atoms with Crippen molar-refractivity contribution in [2.75, 3.05) is 0 Å². The van der Waals surface area contributed by atoms with Gasteiger partial charge in [-0.2, -0.15) is 0 Å². The molecule has 0 amide bonds. The molecule has 0 spiro atoms. The van der Waals surface area contributed by atoms with Crippen LogP contribution in [0.4, 0.5) is 0 Å². The van der Waals surface area contributed by atoms with Gasteiger partial charge in [0.1, 0.15) is 12.4 Å². The third kappa shape index (κ3) is 2.42. The smallest absolute Gasteiger partial charge is 0.122 e. The Bertz CT molecular complexity index is 521. The Morgan fingerprint density at radius 1 is 1.33 bits per heavy atom. The zero-order valence-electron chi connectivity index (χ0n) is 10.3. The van der Waals surface area contributed by atoms with Gasteiger partial charge >= 0.3 is 0 Å². The molecule has 0 saturated carbocycles. The SMILES string of the molecule is NC1CCCc2ccc(OCc3cccs3)cc21. The largest absolute Gasteiger partial charge is 0.488 e. The molecule has 1 unspecified atom stereocenters. The van der Waals surface area contributed by atoms with Gasteiger partial charge in [0.05, 0.1) is 0 Å². The number of benzene rings is 1. The third-order valence-corrected chi connectivity index (χ3v) is 4.29. The normalized spacial score (nSPS) is 18.4. The van der Waals surface area contributed by atoms with Crippen LogP contribution in [0.1, 0.15) is 34.9 Å². The van der Waals surface area contributed by atoms with Crippen molar-refractivity contribution in [3.63, 3.8) is 0 Å². The Kier molecular flexibility index (Phi) is 3.35. The van der Waals surface area contributed by atoms with E-state index < -0.39 is 0 Å². The van der Waals surface area contributed by atoms with Crippen LogP contribution in [0.15, 0.2) is 35.7 Å². The second kappa shape index (κ2) is 5.12. The first-order valence-corrected chi connectivity index (χ1v) is 7.24. The van der Waals surface area contributed by atoms with E-state index in [-0.39, 0.29) is 6.04 Å². The van der Waals surface area contributed by atoms with Crippen LogP contribution in [0.2, 0.25) is 0 Å². The van der Waals surface area contributed by atoms with Crippen LogP contribution in [0.25, 0.3) is 0 Å². The Labute approximate surface area is 111 Å². The van der Waals surface area contributed by atoms with E-state index in [9.17, 15) is 0 Å². The molecule has 94 valence electrons. The van der Waals surface area contributed by atoms with Gasteiger partial charge < -0.3 is 10.5 Å². The van der Waals surface area contributed by atoms with Gasteiger partial charge in [-0.15, -0.1) is 11.3 Å². The minimum absolute atomic E-state index is 0.180. The zero-order chi connectivity index (χ0) is 12.4. The maximum Gasteiger partial charge on any atom is 0.122 e. The summed E-state index contributed by atoms with van der Waals surface area (Å²) in [6, 6.07) is 10.7. The molecule has 3 rings (SSSR count). The van der Waals surface area contributed by atoms with Crippen LogP contribution in [0.3, 0.4) is 0 Å². The number of hydrogen-bond acceptors (Lipinski definition) is 3. The van der Waals surface area contributed by atoms with Gasteiger partial charge in [0.15, 0.2) is 0 Å². The lowest BCUT2D eigenvalue weighted by Crippen LogP contribution is -2.17. The Hall–Kier alpha value is -1.32. The average molecular weight is 259 g/mol. The van der Waals surface area contributed by atoms with Crippen LogP contribution < -0.4 is 10.5 Å². The molecule has 1 atom stereocenters. The second-order valence-electron chi connectivity index (χ2n) is 4.73. The van der Waals surface area contributed by atoms with E-state index in [4.69, 9.17) is 10.5 Å². The molecule has 0 fully saturated rings. The van der Waals surface area contributed by atoms with E-state index in [1.807, 2.05) is 6.07 Å². The summed E-state index contributed by atoms with van der Waals surface area (Å²) in [5.74, 6) is 0.930. The number of rotatable bonds is 3. The Balaban J connectivity index is 1.75. The van der Waals surface area contributed by atoms with Crippen LogP contribution in [-0.2, 0) is 13.0 Å². The standard InChI is InChI=1S/C15H17NOS/c16-15-5-1-3-11-6-7-12(9-14(11)15)17-10-13-4-2-8-18-13/h2,4,6-9,15H,1,3,5,10,16H2. The predicted molar refractivity (Wildman–Crippen MR) is 75.0 cm³/mol. The van der Waals surface area contributed by atoms with Gasteiger partial charge in [-0.1, -0.05) is 12.1 Å². The molecule has 0 bridgehead atoms. The summed E-state index contributed by atoms with van der Waals surface area (Å²) in [5, 5.41) is 2.07. The highest BCUT2D eigenvalue weighted by molar-refractivity contribution is 7.09. The lowest BCUT2D eigenvalue weighted by Gasteiger charge is -2.22. The van der Waals surface area contributed by atoms with Gasteiger partial charge in [0, 0.05) is 10.9 Å².